The van der Waals surface area contributed by atoms with Gasteiger partial charge in [0.15, 0.2) is 0 Å². The third-order valence-corrected chi connectivity index (χ3v) is 1.77. The third-order valence-electron chi connectivity index (χ3n) is 1.77. The lowest BCUT2D eigenvalue weighted by atomic mass is 10.1. The van der Waals surface area contributed by atoms with Crippen LogP contribution in [0.3, 0.4) is 0 Å². The van der Waals surface area contributed by atoms with Gasteiger partial charge < -0.3 is 10.3 Å². The van der Waals surface area contributed by atoms with Crippen molar-refractivity contribution in [1.82, 2.24) is 5.16 Å². The van der Waals surface area contributed by atoms with Crippen LogP contribution in [0.15, 0.2) is 39.6 Å². The highest BCUT2D eigenvalue weighted by atomic mass is 16.5. The molecule has 1 aromatic heterocycles. The predicted molar refractivity (Wildman–Crippen MR) is 49.2 cm³/mol. The molecule has 0 radical (unpaired) electrons. The summed E-state index contributed by atoms with van der Waals surface area (Å²) in [6, 6.07) is 8.62. The van der Waals surface area contributed by atoms with Crippen LogP contribution in [-0.4, -0.2) is 5.16 Å². The number of hydrogen-bond acceptors (Lipinski definition) is 3. The van der Waals surface area contributed by atoms with Crippen molar-refractivity contribution in [3.8, 4) is 11.3 Å². The summed E-state index contributed by atoms with van der Waals surface area (Å²) in [6.45, 7) is 0. The summed E-state index contributed by atoms with van der Waals surface area (Å²) < 4.78 is 4.54. The maximum atomic E-state index is 10.7. The fourth-order valence-electron chi connectivity index (χ4n) is 1.16. The van der Waals surface area contributed by atoms with Crippen molar-refractivity contribution in [2.75, 3.05) is 5.73 Å². The van der Waals surface area contributed by atoms with Crippen LogP contribution in [0.4, 0.5) is 5.69 Å². The van der Waals surface area contributed by atoms with Crippen molar-refractivity contribution in [2.24, 2.45) is 0 Å². The number of hydrogen-bond donors (Lipinski definition) is 2. The molecule has 1 aromatic carbocycles. The van der Waals surface area contributed by atoms with Crippen LogP contribution in [0.25, 0.3) is 11.3 Å². The number of nitrogens with one attached hydrogen (secondary N) is 1. The number of aromatic amines is 1. The van der Waals surface area contributed by atoms with Crippen LogP contribution in [0.1, 0.15) is 0 Å². The summed E-state index contributed by atoms with van der Waals surface area (Å²) in [5, 5.41) is 2.50. The van der Waals surface area contributed by atoms with Gasteiger partial charge in [0.2, 0.25) is 0 Å². The van der Waals surface area contributed by atoms with Crippen molar-refractivity contribution in [2.45, 2.75) is 0 Å². The Morgan fingerprint density at radius 3 is 2.69 bits per heavy atom. The first-order valence-electron chi connectivity index (χ1n) is 3.81. The Balaban J connectivity index is 2.58. The normalized spacial score (nSPS) is 10.2. The van der Waals surface area contributed by atoms with Crippen molar-refractivity contribution in [1.29, 1.82) is 0 Å². The topological polar surface area (TPSA) is 72.0 Å². The highest BCUT2D eigenvalue weighted by Gasteiger charge is 2.04. The number of nitrogen functional groups attached to an aromatic ring is 1. The zero-order valence-electron chi connectivity index (χ0n) is 6.78. The molecule has 0 saturated heterocycles. The summed E-state index contributed by atoms with van der Waals surface area (Å²) >= 11 is 0. The van der Waals surface area contributed by atoms with Gasteiger partial charge in [-0.15, -0.1) is 0 Å². The molecule has 4 heteroatoms. The average Bonchev–Trinajstić information content (AvgIpc) is 2.53. The fraction of sp³-hybridized carbons (Fsp3) is 0. The average molecular weight is 176 g/mol. The van der Waals surface area contributed by atoms with Gasteiger partial charge in [0.05, 0.1) is 11.8 Å². The van der Waals surface area contributed by atoms with Gasteiger partial charge in [-0.1, -0.05) is 18.2 Å². The van der Waals surface area contributed by atoms with Gasteiger partial charge in [-0.3, -0.25) is 0 Å². The van der Waals surface area contributed by atoms with Gasteiger partial charge in [-0.2, -0.15) is 0 Å². The number of benzene rings is 1. The maximum absolute atomic E-state index is 10.7. The zero-order chi connectivity index (χ0) is 9.26. The van der Waals surface area contributed by atoms with Gasteiger partial charge in [0.25, 0.3) is 0 Å². The molecule has 0 bridgehead atoms. The second-order valence-corrected chi connectivity index (χ2v) is 2.67. The molecule has 0 aliphatic heterocycles. The molecule has 66 valence electrons. The Morgan fingerprint density at radius 2 is 2.08 bits per heavy atom. The van der Waals surface area contributed by atoms with Crippen LogP contribution < -0.4 is 11.4 Å². The molecule has 13 heavy (non-hydrogen) atoms. The summed E-state index contributed by atoms with van der Waals surface area (Å²) in [5.74, 6) is 0. The molecule has 0 atom stereocenters. The van der Waals surface area contributed by atoms with E-state index in [1.54, 1.807) is 6.07 Å². The second-order valence-electron chi connectivity index (χ2n) is 2.67. The van der Waals surface area contributed by atoms with E-state index in [4.69, 9.17) is 5.73 Å². The molecule has 3 N–H and O–H groups in total. The number of aromatic nitrogens is 1. The van der Waals surface area contributed by atoms with E-state index < -0.39 is 5.63 Å². The molecule has 2 rings (SSSR count). The quantitative estimate of drug-likeness (QED) is 0.641. The van der Waals surface area contributed by atoms with E-state index in [9.17, 15) is 4.79 Å². The van der Waals surface area contributed by atoms with Gasteiger partial charge in [-0.25, -0.2) is 9.95 Å². The lowest BCUT2D eigenvalue weighted by molar-refractivity contribution is 0.394. The molecule has 0 fully saturated rings. The molecule has 0 aliphatic rings. The number of para-hydroxylation sites is 1. The van der Waals surface area contributed by atoms with E-state index in [0.29, 0.717) is 11.4 Å². The fourth-order valence-corrected chi connectivity index (χ4v) is 1.16. The minimum atomic E-state index is -0.404. The van der Waals surface area contributed by atoms with Crippen molar-refractivity contribution >= 4 is 5.69 Å². The van der Waals surface area contributed by atoms with Gasteiger partial charge in [-0.05, 0) is 6.07 Å². The van der Waals surface area contributed by atoms with Crippen LogP contribution in [0.5, 0.6) is 0 Å². The van der Waals surface area contributed by atoms with Crippen molar-refractivity contribution in [3.63, 3.8) is 0 Å². The molecule has 0 spiro atoms. The van der Waals surface area contributed by atoms with E-state index in [2.05, 4.69) is 9.68 Å². The molecule has 1 heterocycles. The summed E-state index contributed by atoms with van der Waals surface area (Å²) in [4.78, 5) is 10.7. The second kappa shape index (κ2) is 2.82. The smallest absolute Gasteiger partial charge is 0.357 e. The third kappa shape index (κ3) is 1.33. The summed E-state index contributed by atoms with van der Waals surface area (Å²) in [6.07, 6.45) is 0. The van der Waals surface area contributed by atoms with E-state index in [0.717, 1.165) is 5.56 Å². The van der Waals surface area contributed by atoms with Gasteiger partial charge in [0.1, 0.15) is 0 Å². The first-order chi connectivity index (χ1) is 6.27. The Morgan fingerprint density at radius 1 is 1.31 bits per heavy atom. The van der Waals surface area contributed by atoms with Crippen LogP contribution in [0.2, 0.25) is 0 Å². The molecular weight excluding hydrogens is 168 g/mol. The minimum Gasteiger partial charge on any atom is -0.398 e. The lowest BCUT2D eigenvalue weighted by Gasteiger charge is -1.99. The molecule has 0 saturated carbocycles. The first kappa shape index (κ1) is 7.67. The van der Waals surface area contributed by atoms with Crippen LogP contribution in [0, 0.1) is 0 Å². The number of H-pyrrole nitrogens is 1. The standard InChI is InChI=1S/C9H8N2O2/c10-7-4-2-1-3-6(7)8-5-9(12)13-11-8/h1-5,11H,10H2. The molecular formula is C9H8N2O2. The Bertz CT molecular complexity index is 470. The molecule has 2 aromatic rings. The van der Waals surface area contributed by atoms with E-state index in [1.165, 1.54) is 6.07 Å². The van der Waals surface area contributed by atoms with E-state index in [1.807, 2.05) is 18.2 Å². The lowest BCUT2D eigenvalue weighted by Crippen LogP contribution is -1.89. The Hall–Kier alpha value is -1.97. The van der Waals surface area contributed by atoms with Crippen LogP contribution in [-0.2, 0) is 0 Å². The molecule has 0 unspecified atom stereocenters. The number of nitrogens with two attached hydrogens (primary N) is 1. The van der Waals surface area contributed by atoms with Gasteiger partial charge in [0, 0.05) is 11.3 Å². The summed E-state index contributed by atoms with van der Waals surface area (Å²) in [5.41, 5.74) is 7.28. The largest absolute Gasteiger partial charge is 0.398 e. The van der Waals surface area contributed by atoms with E-state index >= 15 is 0 Å². The highest BCUT2D eigenvalue weighted by molar-refractivity contribution is 5.72. The zero-order valence-corrected chi connectivity index (χ0v) is 6.78. The highest BCUT2D eigenvalue weighted by Crippen LogP contribution is 2.21. The predicted octanol–water partition coefficient (Wildman–Crippen LogP) is 1.22. The first-order valence-corrected chi connectivity index (χ1v) is 3.81. The minimum absolute atomic E-state index is 0.404. The summed E-state index contributed by atoms with van der Waals surface area (Å²) in [7, 11) is 0. The van der Waals surface area contributed by atoms with E-state index in [-0.39, 0.29) is 0 Å². The number of rotatable bonds is 1. The molecule has 0 amide bonds. The monoisotopic (exact) mass is 176 g/mol. The Kier molecular flexibility index (Phi) is 1.66. The Labute approximate surface area is 74.0 Å². The van der Waals surface area contributed by atoms with Crippen LogP contribution >= 0.6 is 0 Å². The van der Waals surface area contributed by atoms with Gasteiger partial charge >= 0.3 is 5.63 Å². The van der Waals surface area contributed by atoms with Crippen molar-refractivity contribution < 1.29 is 4.52 Å². The maximum Gasteiger partial charge on any atom is 0.357 e. The number of anilines is 1. The molecule has 4 nitrogen and oxygen atoms in total. The SMILES string of the molecule is Nc1ccccc1-c1cc(=O)o[nH]1. The molecule has 0 aliphatic carbocycles. The van der Waals surface area contributed by atoms with Crippen molar-refractivity contribution in [3.05, 3.63) is 40.8 Å².